The van der Waals surface area contributed by atoms with Gasteiger partial charge >= 0.3 is 0 Å². The van der Waals surface area contributed by atoms with Crippen LogP contribution in [-0.2, 0) is 0 Å². The maximum atomic E-state index is 12.6. The van der Waals surface area contributed by atoms with Gasteiger partial charge in [-0.2, -0.15) is 5.10 Å². The number of amides is 1. The normalized spacial score (nSPS) is 10.5. The number of benzene rings is 1. The first kappa shape index (κ1) is 16.6. The molecule has 0 bridgehead atoms. The van der Waals surface area contributed by atoms with Crippen molar-refractivity contribution in [3.63, 3.8) is 0 Å². The Balaban J connectivity index is 1.85. The fraction of sp³-hybridized carbons (Fsp3) is 0.222. The Morgan fingerprint density at radius 1 is 1.20 bits per heavy atom. The molecule has 3 aromatic rings. The number of carbonyl (C=O) groups is 1. The molecule has 0 unspecified atom stereocenters. The van der Waals surface area contributed by atoms with E-state index >= 15 is 0 Å². The highest BCUT2D eigenvalue weighted by Gasteiger charge is 2.14. The van der Waals surface area contributed by atoms with E-state index in [1.807, 2.05) is 32.9 Å². The molecular formula is C18H19N5O2. The van der Waals surface area contributed by atoms with E-state index in [1.165, 1.54) is 6.33 Å². The highest BCUT2D eigenvalue weighted by atomic mass is 16.5. The molecule has 2 heterocycles. The Kier molecular flexibility index (Phi) is 4.74. The highest BCUT2D eigenvalue weighted by Crippen LogP contribution is 2.20. The van der Waals surface area contributed by atoms with Crippen LogP contribution < -0.4 is 10.1 Å². The number of hydrogen-bond donors (Lipinski definition) is 1. The molecule has 3 rings (SSSR count). The molecule has 0 aliphatic carbocycles. The molecule has 0 saturated heterocycles. The molecule has 25 heavy (non-hydrogen) atoms. The van der Waals surface area contributed by atoms with E-state index in [9.17, 15) is 4.79 Å². The summed E-state index contributed by atoms with van der Waals surface area (Å²) >= 11 is 0. The van der Waals surface area contributed by atoms with Crippen molar-refractivity contribution in [2.45, 2.75) is 20.8 Å². The van der Waals surface area contributed by atoms with Crippen molar-refractivity contribution in [1.82, 2.24) is 19.7 Å². The average Bonchev–Trinajstić information content (AvgIpc) is 2.94. The number of para-hydroxylation sites is 1. The van der Waals surface area contributed by atoms with Crippen molar-refractivity contribution in [1.29, 1.82) is 0 Å². The summed E-state index contributed by atoms with van der Waals surface area (Å²) in [6.45, 7) is 6.22. The minimum Gasteiger partial charge on any atom is -0.493 e. The van der Waals surface area contributed by atoms with Crippen molar-refractivity contribution in [3.05, 3.63) is 59.7 Å². The molecule has 0 fully saturated rings. The third-order valence-corrected chi connectivity index (χ3v) is 3.55. The Bertz CT molecular complexity index is 904. The predicted octanol–water partition coefficient (Wildman–Crippen LogP) is 2.93. The number of rotatable bonds is 5. The van der Waals surface area contributed by atoms with Crippen LogP contribution in [0.3, 0.4) is 0 Å². The summed E-state index contributed by atoms with van der Waals surface area (Å²) in [5, 5.41) is 7.17. The molecule has 128 valence electrons. The third-order valence-electron chi connectivity index (χ3n) is 3.55. The van der Waals surface area contributed by atoms with Crippen LogP contribution in [0.25, 0.3) is 5.82 Å². The molecule has 0 spiro atoms. The zero-order chi connectivity index (χ0) is 17.8. The van der Waals surface area contributed by atoms with E-state index in [1.54, 1.807) is 28.9 Å². The fourth-order valence-corrected chi connectivity index (χ4v) is 2.51. The first-order valence-corrected chi connectivity index (χ1v) is 7.97. The molecule has 0 atom stereocenters. The van der Waals surface area contributed by atoms with E-state index in [0.29, 0.717) is 29.6 Å². The molecule has 2 aromatic heterocycles. The lowest BCUT2D eigenvalue weighted by atomic mass is 10.2. The maximum Gasteiger partial charge on any atom is 0.260 e. The molecule has 1 aromatic carbocycles. The molecule has 0 radical (unpaired) electrons. The van der Waals surface area contributed by atoms with Crippen LogP contribution in [-0.4, -0.2) is 32.3 Å². The van der Waals surface area contributed by atoms with E-state index < -0.39 is 0 Å². The lowest BCUT2D eigenvalue weighted by Gasteiger charge is -2.10. The monoisotopic (exact) mass is 337 g/mol. The quantitative estimate of drug-likeness (QED) is 0.774. The van der Waals surface area contributed by atoms with Crippen LogP contribution in [0.5, 0.6) is 5.75 Å². The van der Waals surface area contributed by atoms with Gasteiger partial charge in [0, 0.05) is 11.8 Å². The van der Waals surface area contributed by atoms with E-state index in [0.717, 1.165) is 11.4 Å². The van der Waals surface area contributed by atoms with E-state index in [2.05, 4.69) is 20.4 Å². The predicted molar refractivity (Wildman–Crippen MR) is 94.2 cm³/mol. The van der Waals surface area contributed by atoms with Crippen molar-refractivity contribution < 1.29 is 9.53 Å². The molecule has 0 aliphatic heterocycles. The number of carbonyl (C=O) groups excluding carboxylic acids is 1. The molecule has 1 amide bonds. The van der Waals surface area contributed by atoms with Gasteiger partial charge in [-0.05, 0) is 39.0 Å². The van der Waals surface area contributed by atoms with Crippen LogP contribution in [0.2, 0.25) is 0 Å². The molecular weight excluding hydrogens is 318 g/mol. The van der Waals surface area contributed by atoms with Crippen molar-refractivity contribution >= 4 is 11.7 Å². The van der Waals surface area contributed by atoms with Crippen LogP contribution >= 0.6 is 0 Å². The van der Waals surface area contributed by atoms with Crippen LogP contribution in [0.4, 0.5) is 5.82 Å². The summed E-state index contributed by atoms with van der Waals surface area (Å²) in [5.74, 6) is 1.24. The number of aromatic nitrogens is 4. The number of anilines is 1. The number of nitrogens with zero attached hydrogens (tertiary/aromatic N) is 4. The second kappa shape index (κ2) is 7.12. The zero-order valence-electron chi connectivity index (χ0n) is 14.4. The average molecular weight is 337 g/mol. The van der Waals surface area contributed by atoms with Gasteiger partial charge in [-0.15, -0.1) is 0 Å². The van der Waals surface area contributed by atoms with Gasteiger partial charge in [-0.3, -0.25) is 4.79 Å². The second-order valence-corrected chi connectivity index (χ2v) is 5.48. The van der Waals surface area contributed by atoms with Gasteiger partial charge < -0.3 is 10.1 Å². The summed E-state index contributed by atoms with van der Waals surface area (Å²) < 4.78 is 7.21. The van der Waals surface area contributed by atoms with Gasteiger partial charge in [-0.25, -0.2) is 14.6 Å². The minimum atomic E-state index is -0.290. The fourth-order valence-electron chi connectivity index (χ4n) is 2.51. The summed E-state index contributed by atoms with van der Waals surface area (Å²) in [6, 6.07) is 10.7. The lowest BCUT2D eigenvalue weighted by molar-refractivity contribution is 0.102. The number of aryl methyl sites for hydroxylation is 2. The summed E-state index contributed by atoms with van der Waals surface area (Å²) in [7, 11) is 0. The van der Waals surface area contributed by atoms with Gasteiger partial charge in [-0.1, -0.05) is 12.1 Å². The Labute approximate surface area is 145 Å². The van der Waals surface area contributed by atoms with Crippen LogP contribution in [0.15, 0.2) is 42.7 Å². The molecule has 7 heteroatoms. The topological polar surface area (TPSA) is 81.9 Å². The lowest BCUT2D eigenvalue weighted by Crippen LogP contribution is -2.15. The van der Waals surface area contributed by atoms with Crippen molar-refractivity contribution in [3.8, 4) is 11.6 Å². The van der Waals surface area contributed by atoms with Gasteiger partial charge in [0.25, 0.3) is 5.91 Å². The number of nitrogens with one attached hydrogen (secondary N) is 1. The molecule has 7 nitrogen and oxygen atoms in total. The number of hydrogen-bond acceptors (Lipinski definition) is 5. The SMILES string of the molecule is CCOc1ccccc1C(=O)Nc1cc(-n2nc(C)cc2C)ncn1. The summed E-state index contributed by atoms with van der Waals surface area (Å²) in [6.07, 6.45) is 1.40. The van der Waals surface area contributed by atoms with Gasteiger partial charge in [0.05, 0.1) is 17.9 Å². The largest absolute Gasteiger partial charge is 0.493 e. The van der Waals surface area contributed by atoms with Crippen LogP contribution in [0.1, 0.15) is 28.7 Å². The van der Waals surface area contributed by atoms with Gasteiger partial charge in [0.1, 0.15) is 17.9 Å². The molecule has 0 aliphatic rings. The standard InChI is InChI=1S/C18H19N5O2/c1-4-25-15-8-6-5-7-14(15)18(24)21-16-10-17(20-11-19-16)23-13(3)9-12(2)22-23/h5-11H,4H2,1-3H3,(H,19,20,21,24). The maximum absolute atomic E-state index is 12.6. The molecule has 1 N–H and O–H groups in total. The first-order valence-electron chi connectivity index (χ1n) is 7.97. The minimum absolute atomic E-state index is 0.290. The summed E-state index contributed by atoms with van der Waals surface area (Å²) in [5.41, 5.74) is 2.30. The summed E-state index contributed by atoms with van der Waals surface area (Å²) in [4.78, 5) is 20.9. The highest BCUT2D eigenvalue weighted by molar-refractivity contribution is 6.05. The number of ether oxygens (including phenoxy) is 1. The van der Waals surface area contributed by atoms with Crippen molar-refractivity contribution in [2.24, 2.45) is 0 Å². The Morgan fingerprint density at radius 2 is 2.00 bits per heavy atom. The Hall–Kier alpha value is -3.22. The molecule has 0 saturated carbocycles. The van der Waals surface area contributed by atoms with Crippen LogP contribution in [0, 0.1) is 13.8 Å². The van der Waals surface area contributed by atoms with Gasteiger partial charge in [0.15, 0.2) is 5.82 Å². The third kappa shape index (κ3) is 3.65. The second-order valence-electron chi connectivity index (χ2n) is 5.48. The zero-order valence-corrected chi connectivity index (χ0v) is 14.4. The van der Waals surface area contributed by atoms with Crippen molar-refractivity contribution in [2.75, 3.05) is 11.9 Å². The Morgan fingerprint density at radius 3 is 2.72 bits per heavy atom. The first-order chi connectivity index (χ1) is 12.1. The van der Waals surface area contributed by atoms with E-state index in [-0.39, 0.29) is 5.91 Å². The smallest absolute Gasteiger partial charge is 0.260 e. The van der Waals surface area contributed by atoms with E-state index in [4.69, 9.17) is 4.74 Å². The van der Waals surface area contributed by atoms with Gasteiger partial charge in [0.2, 0.25) is 0 Å².